The monoisotopic (exact) mass is 355 g/mol. The number of nitrogens with zero attached hydrogens (tertiary/aromatic N) is 5. The molecular formula is C20H29N5O. The van der Waals surface area contributed by atoms with Gasteiger partial charge in [0.05, 0.1) is 17.8 Å². The molecule has 6 heteroatoms. The molecule has 0 bridgehead atoms. The SMILES string of the molecule is Cn1nccc1CN1C[C@H]2C[C@H](OCC3CC3)[C@@H](n3cccn3)C[C@H]2C1. The number of rotatable bonds is 6. The Bertz CT molecular complexity index is 722. The van der Waals surface area contributed by atoms with Gasteiger partial charge in [0.15, 0.2) is 0 Å². The maximum absolute atomic E-state index is 6.42. The first-order valence-electron chi connectivity index (χ1n) is 10.1. The summed E-state index contributed by atoms with van der Waals surface area (Å²) in [6.07, 6.45) is 11.3. The molecule has 140 valence electrons. The van der Waals surface area contributed by atoms with E-state index >= 15 is 0 Å². The third kappa shape index (κ3) is 3.32. The second kappa shape index (κ2) is 6.82. The largest absolute Gasteiger partial charge is 0.376 e. The average molecular weight is 355 g/mol. The maximum Gasteiger partial charge on any atom is 0.0802 e. The van der Waals surface area contributed by atoms with Crippen molar-refractivity contribution in [1.82, 2.24) is 24.5 Å². The zero-order chi connectivity index (χ0) is 17.5. The smallest absolute Gasteiger partial charge is 0.0802 e. The van der Waals surface area contributed by atoms with Gasteiger partial charge in [-0.25, -0.2) is 0 Å². The van der Waals surface area contributed by atoms with Crippen LogP contribution < -0.4 is 0 Å². The number of hydrogen-bond donors (Lipinski definition) is 0. The Morgan fingerprint density at radius 3 is 2.65 bits per heavy atom. The highest BCUT2D eigenvalue weighted by Crippen LogP contribution is 2.43. The summed E-state index contributed by atoms with van der Waals surface area (Å²) in [5.74, 6) is 2.31. The molecule has 0 spiro atoms. The van der Waals surface area contributed by atoms with Crippen molar-refractivity contribution in [1.29, 1.82) is 0 Å². The summed E-state index contributed by atoms with van der Waals surface area (Å²) in [5.41, 5.74) is 1.30. The number of ether oxygens (including phenoxy) is 1. The highest BCUT2D eigenvalue weighted by molar-refractivity contribution is 5.03. The topological polar surface area (TPSA) is 48.1 Å². The van der Waals surface area contributed by atoms with E-state index in [4.69, 9.17) is 4.74 Å². The zero-order valence-electron chi connectivity index (χ0n) is 15.6. The molecule has 6 nitrogen and oxygen atoms in total. The first kappa shape index (κ1) is 16.5. The van der Waals surface area contributed by atoms with Crippen LogP contribution >= 0.6 is 0 Å². The van der Waals surface area contributed by atoms with E-state index in [1.165, 1.54) is 44.5 Å². The van der Waals surface area contributed by atoms with E-state index < -0.39 is 0 Å². The standard InChI is InChI=1S/C20H29N5O/c1-23-18(5-7-21-23)13-24-11-16-9-19(25-8-2-6-22-25)20(10-17(16)12-24)26-14-15-3-4-15/h2,5-8,15-17,19-20H,3-4,9-14H2,1H3/t16-,17+,19-,20-/m0/s1. The molecule has 0 N–H and O–H groups in total. The second-order valence-electron chi connectivity index (χ2n) is 8.50. The van der Waals surface area contributed by atoms with Gasteiger partial charge in [-0.1, -0.05) is 0 Å². The van der Waals surface area contributed by atoms with Gasteiger partial charge in [-0.15, -0.1) is 0 Å². The van der Waals surface area contributed by atoms with E-state index in [-0.39, 0.29) is 0 Å². The molecule has 2 aliphatic carbocycles. The molecule has 1 saturated heterocycles. The van der Waals surface area contributed by atoms with Gasteiger partial charge in [-0.2, -0.15) is 10.2 Å². The minimum atomic E-state index is 0.313. The quantitative estimate of drug-likeness (QED) is 0.799. The fraction of sp³-hybridized carbons (Fsp3) is 0.700. The highest BCUT2D eigenvalue weighted by atomic mass is 16.5. The van der Waals surface area contributed by atoms with E-state index in [0.717, 1.165) is 30.9 Å². The molecule has 26 heavy (non-hydrogen) atoms. The lowest BCUT2D eigenvalue weighted by Crippen LogP contribution is -2.38. The highest BCUT2D eigenvalue weighted by Gasteiger charge is 2.44. The molecule has 0 radical (unpaired) electrons. The van der Waals surface area contributed by atoms with Crippen molar-refractivity contribution >= 4 is 0 Å². The van der Waals surface area contributed by atoms with E-state index in [9.17, 15) is 0 Å². The molecule has 2 aromatic heterocycles. The van der Waals surface area contributed by atoms with Crippen LogP contribution in [0.5, 0.6) is 0 Å². The molecule has 2 aromatic rings. The molecule has 3 fully saturated rings. The zero-order valence-corrected chi connectivity index (χ0v) is 15.6. The summed E-state index contributed by atoms with van der Waals surface area (Å²) >= 11 is 0. The third-order valence-electron chi connectivity index (χ3n) is 6.58. The van der Waals surface area contributed by atoms with Crippen molar-refractivity contribution in [2.75, 3.05) is 19.7 Å². The van der Waals surface area contributed by atoms with Gasteiger partial charge in [0, 0.05) is 51.9 Å². The van der Waals surface area contributed by atoms with Crippen LogP contribution in [0.4, 0.5) is 0 Å². The summed E-state index contributed by atoms with van der Waals surface area (Å²) < 4.78 is 10.6. The molecule has 3 aliphatic rings. The number of fused-ring (bicyclic) bond motifs is 1. The minimum absolute atomic E-state index is 0.313. The Hall–Kier alpha value is -1.66. The van der Waals surface area contributed by atoms with Gasteiger partial charge in [0.2, 0.25) is 0 Å². The fourth-order valence-corrected chi connectivity index (χ4v) is 4.88. The van der Waals surface area contributed by atoms with Gasteiger partial charge in [-0.05, 0) is 55.6 Å². The van der Waals surface area contributed by atoms with Crippen molar-refractivity contribution in [3.05, 3.63) is 36.4 Å². The van der Waals surface area contributed by atoms with Gasteiger partial charge >= 0.3 is 0 Å². The Balaban J connectivity index is 1.28. The van der Waals surface area contributed by atoms with Crippen molar-refractivity contribution in [2.24, 2.45) is 24.8 Å². The third-order valence-corrected chi connectivity index (χ3v) is 6.58. The van der Waals surface area contributed by atoms with Gasteiger partial charge < -0.3 is 4.74 Å². The summed E-state index contributed by atoms with van der Waals surface area (Å²) in [4.78, 5) is 2.61. The van der Waals surface area contributed by atoms with Gasteiger partial charge in [-0.3, -0.25) is 14.3 Å². The molecule has 3 heterocycles. The Labute approximate surface area is 155 Å². The molecule has 5 rings (SSSR count). The first-order valence-corrected chi connectivity index (χ1v) is 10.1. The summed E-state index contributed by atoms with van der Waals surface area (Å²) in [6.45, 7) is 4.32. The first-order chi connectivity index (χ1) is 12.8. The summed E-state index contributed by atoms with van der Waals surface area (Å²) in [6, 6.07) is 4.56. The second-order valence-corrected chi connectivity index (χ2v) is 8.50. The fourth-order valence-electron chi connectivity index (χ4n) is 4.88. The Morgan fingerprint density at radius 2 is 1.96 bits per heavy atom. The van der Waals surface area contributed by atoms with Crippen LogP contribution in [-0.2, 0) is 18.3 Å². The van der Waals surface area contributed by atoms with Crippen LogP contribution in [0.2, 0.25) is 0 Å². The molecule has 4 atom stereocenters. The van der Waals surface area contributed by atoms with Crippen LogP contribution in [0.25, 0.3) is 0 Å². The predicted molar refractivity (Wildman–Crippen MR) is 98.4 cm³/mol. The van der Waals surface area contributed by atoms with Crippen molar-refractivity contribution in [3.63, 3.8) is 0 Å². The molecule has 0 amide bonds. The van der Waals surface area contributed by atoms with E-state index in [0.29, 0.717) is 12.1 Å². The van der Waals surface area contributed by atoms with E-state index in [1.807, 2.05) is 30.2 Å². The van der Waals surface area contributed by atoms with Gasteiger partial charge in [0.1, 0.15) is 0 Å². The van der Waals surface area contributed by atoms with Crippen LogP contribution in [0.3, 0.4) is 0 Å². The number of aromatic nitrogens is 4. The van der Waals surface area contributed by atoms with Crippen LogP contribution in [0.1, 0.15) is 37.4 Å². The van der Waals surface area contributed by atoms with Crippen molar-refractivity contribution in [2.45, 2.75) is 44.4 Å². The number of hydrogen-bond acceptors (Lipinski definition) is 4. The van der Waals surface area contributed by atoms with Crippen LogP contribution in [-0.4, -0.2) is 50.3 Å². The average Bonchev–Trinajstić information content (AvgIpc) is 3.00. The lowest BCUT2D eigenvalue weighted by Gasteiger charge is -2.38. The molecule has 1 aliphatic heterocycles. The predicted octanol–water partition coefficient (Wildman–Crippen LogP) is 2.49. The summed E-state index contributed by atoms with van der Waals surface area (Å²) in [5, 5.41) is 8.86. The molecule has 2 saturated carbocycles. The van der Waals surface area contributed by atoms with Crippen molar-refractivity contribution < 1.29 is 4.74 Å². The lowest BCUT2D eigenvalue weighted by molar-refractivity contribution is -0.0371. The number of likely N-dealkylation sites (tertiary alicyclic amines) is 1. The normalized spacial score (nSPS) is 32.0. The molecule has 0 unspecified atom stereocenters. The Kier molecular flexibility index (Phi) is 4.33. The summed E-state index contributed by atoms with van der Waals surface area (Å²) in [7, 11) is 2.04. The minimum Gasteiger partial charge on any atom is -0.376 e. The maximum atomic E-state index is 6.42. The van der Waals surface area contributed by atoms with E-state index in [1.54, 1.807) is 0 Å². The molecular weight excluding hydrogens is 326 g/mol. The lowest BCUT2D eigenvalue weighted by atomic mass is 9.77. The van der Waals surface area contributed by atoms with Gasteiger partial charge in [0.25, 0.3) is 0 Å². The van der Waals surface area contributed by atoms with Crippen LogP contribution in [0, 0.1) is 17.8 Å². The Morgan fingerprint density at radius 1 is 1.12 bits per heavy atom. The number of aryl methyl sites for hydroxylation is 1. The van der Waals surface area contributed by atoms with Crippen molar-refractivity contribution in [3.8, 4) is 0 Å². The molecule has 0 aromatic carbocycles. The van der Waals surface area contributed by atoms with Crippen LogP contribution in [0.15, 0.2) is 30.7 Å². The van der Waals surface area contributed by atoms with E-state index in [2.05, 4.69) is 32.0 Å².